The number of nitrogens with zero attached hydrogens (tertiary/aromatic N) is 1. The van der Waals surface area contributed by atoms with Crippen molar-refractivity contribution in [1.29, 1.82) is 0 Å². The number of likely N-dealkylation sites (N-methyl/N-ethyl adjacent to an activating group) is 1. The Kier molecular flexibility index (Phi) is 7.15. The predicted octanol–water partition coefficient (Wildman–Crippen LogP) is 2.57. The van der Waals surface area contributed by atoms with Crippen LogP contribution in [0.4, 0.5) is 4.39 Å². The Hall–Kier alpha value is -1.62. The highest BCUT2D eigenvalue weighted by Gasteiger charge is 2.22. The Labute approximate surface area is 126 Å². The van der Waals surface area contributed by atoms with Crippen LogP contribution in [-0.2, 0) is 11.3 Å². The molecule has 4 nitrogen and oxygen atoms in total. The molecule has 0 saturated heterocycles. The molecule has 0 heterocycles. The van der Waals surface area contributed by atoms with E-state index in [1.165, 1.54) is 6.07 Å². The van der Waals surface area contributed by atoms with E-state index in [4.69, 9.17) is 4.74 Å². The molecule has 1 aromatic rings. The Bertz CT molecular complexity index is 462. The van der Waals surface area contributed by atoms with Gasteiger partial charge >= 0.3 is 0 Å². The summed E-state index contributed by atoms with van der Waals surface area (Å²) in [6, 6.07) is 4.79. The molecule has 0 radical (unpaired) electrons. The van der Waals surface area contributed by atoms with Crippen molar-refractivity contribution in [2.45, 2.75) is 40.3 Å². The number of hydrogen-bond donors (Lipinski definition) is 1. The molecular formula is C16H25FN2O2. The Morgan fingerprint density at radius 1 is 1.33 bits per heavy atom. The molecule has 0 fully saturated rings. The standard InChI is InChI=1S/C16H25FN2O2/c1-5-18-11-13-9-8-10-14(17)15(13)21-12(4)16(20)19(6-2)7-3/h8-10,12,18H,5-7,11H2,1-4H3. The molecule has 1 rings (SSSR count). The molecule has 1 aromatic carbocycles. The fraction of sp³-hybridized carbons (Fsp3) is 0.562. The number of nitrogens with one attached hydrogen (secondary N) is 1. The van der Waals surface area contributed by atoms with Crippen LogP contribution in [0.2, 0.25) is 0 Å². The van der Waals surface area contributed by atoms with Gasteiger partial charge in [-0.3, -0.25) is 4.79 Å². The molecule has 5 heteroatoms. The minimum Gasteiger partial charge on any atom is -0.477 e. The van der Waals surface area contributed by atoms with Gasteiger partial charge in [-0.05, 0) is 33.4 Å². The second-order valence-corrected chi connectivity index (χ2v) is 4.78. The third-order valence-corrected chi connectivity index (χ3v) is 3.33. The first-order valence-corrected chi connectivity index (χ1v) is 7.48. The SMILES string of the molecule is CCNCc1cccc(F)c1OC(C)C(=O)N(CC)CC. The fourth-order valence-corrected chi connectivity index (χ4v) is 2.10. The molecule has 118 valence electrons. The normalized spacial score (nSPS) is 12.0. The fourth-order valence-electron chi connectivity index (χ4n) is 2.10. The molecule has 0 saturated carbocycles. The monoisotopic (exact) mass is 296 g/mol. The summed E-state index contributed by atoms with van der Waals surface area (Å²) < 4.78 is 19.6. The third kappa shape index (κ3) is 4.70. The van der Waals surface area contributed by atoms with Gasteiger partial charge in [0.15, 0.2) is 17.7 Å². The molecular weight excluding hydrogens is 271 g/mol. The van der Waals surface area contributed by atoms with Crippen LogP contribution in [0.5, 0.6) is 5.75 Å². The molecule has 0 spiro atoms. The van der Waals surface area contributed by atoms with E-state index >= 15 is 0 Å². The summed E-state index contributed by atoms with van der Waals surface area (Å²) in [5.41, 5.74) is 0.719. The minimum absolute atomic E-state index is 0.127. The zero-order valence-electron chi connectivity index (χ0n) is 13.3. The first-order chi connectivity index (χ1) is 10.0. The molecule has 0 bridgehead atoms. The number of carbonyl (C=O) groups excluding carboxylic acids is 1. The summed E-state index contributed by atoms with van der Waals surface area (Å²) in [5, 5.41) is 3.14. The number of rotatable bonds is 8. The Balaban J connectivity index is 2.88. The van der Waals surface area contributed by atoms with Crippen LogP contribution in [0.25, 0.3) is 0 Å². The second-order valence-electron chi connectivity index (χ2n) is 4.78. The van der Waals surface area contributed by atoms with E-state index in [1.807, 2.05) is 20.8 Å². The highest BCUT2D eigenvalue weighted by molar-refractivity contribution is 5.80. The van der Waals surface area contributed by atoms with Gasteiger partial charge in [0.1, 0.15) is 0 Å². The van der Waals surface area contributed by atoms with Crippen molar-refractivity contribution in [3.8, 4) is 5.75 Å². The van der Waals surface area contributed by atoms with Crippen LogP contribution in [0, 0.1) is 5.82 Å². The Morgan fingerprint density at radius 3 is 2.57 bits per heavy atom. The number of carbonyl (C=O) groups is 1. The van der Waals surface area contributed by atoms with Crippen LogP contribution in [0.3, 0.4) is 0 Å². The summed E-state index contributed by atoms with van der Waals surface area (Å²) in [5.74, 6) is -0.409. The highest BCUT2D eigenvalue weighted by atomic mass is 19.1. The lowest BCUT2D eigenvalue weighted by atomic mass is 10.2. The van der Waals surface area contributed by atoms with Gasteiger partial charge < -0.3 is 15.0 Å². The van der Waals surface area contributed by atoms with Crippen LogP contribution in [-0.4, -0.2) is 36.5 Å². The molecule has 21 heavy (non-hydrogen) atoms. The zero-order valence-corrected chi connectivity index (χ0v) is 13.3. The molecule has 1 N–H and O–H groups in total. The second kappa shape index (κ2) is 8.62. The van der Waals surface area contributed by atoms with Crippen molar-refractivity contribution >= 4 is 5.91 Å². The van der Waals surface area contributed by atoms with Crippen molar-refractivity contribution in [1.82, 2.24) is 10.2 Å². The maximum atomic E-state index is 14.0. The summed E-state index contributed by atoms with van der Waals surface area (Å²) in [7, 11) is 0. The number of amides is 1. The molecule has 0 aliphatic heterocycles. The maximum absolute atomic E-state index is 14.0. The van der Waals surface area contributed by atoms with Crippen molar-refractivity contribution in [2.75, 3.05) is 19.6 Å². The lowest BCUT2D eigenvalue weighted by molar-refractivity contribution is -0.137. The first-order valence-electron chi connectivity index (χ1n) is 7.48. The van der Waals surface area contributed by atoms with Gasteiger partial charge in [0.2, 0.25) is 0 Å². The summed E-state index contributed by atoms with van der Waals surface area (Å²) in [6.07, 6.45) is -0.706. The molecule has 0 aromatic heterocycles. The lowest BCUT2D eigenvalue weighted by Gasteiger charge is -2.24. The van der Waals surface area contributed by atoms with Gasteiger partial charge in [-0.2, -0.15) is 0 Å². The first kappa shape index (κ1) is 17.4. The number of benzene rings is 1. The zero-order chi connectivity index (χ0) is 15.8. The van der Waals surface area contributed by atoms with E-state index in [2.05, 4.69) is 5.32 Å². The van der Waals surface area contributed by atoms with Gasteiger partial charge in [0, 0.05) is 25.2 Å². The quantitative estimate of drug-likeness (QED) is 0.801. The van der Waals surface area contributed by atoms with Gasteiger partial charge in [-0.15, -0.1) is 0 Å². The smallest absolute Gasteiger partial charge is 0.263 e. The van der Waals surface area contributed by atoms with Gasteiger partial charge in [-0.25, -0.2) is 4.39 Å². The maximum Gasteiger partial charge on any atom is 0.263 e. The Morgan fingerprint density at radius 2 is 2.00 bits per heavy atom. The average molecular weight is 296 g/mol. The minimum atomic E-state index is -0.706. The predicted molar refractivity (Wildman–Crippen MR) is 81.8 cm³/mol. The van der Waals surface area contributed by atoms with Crippen LogP contribution in [0.15, 0.2) is 18.2 Å². The number of ether oxygens (including phenoxy) is 1. The van der Waals surface area contributed by atoms with Crippen molar-refractivity contribution in [3.63, 3.8) is 0 Å². The number of halogens is 1. The highest BCUT2D eigenvalue weighted by Crippen LogP contribution is 2.24. The summed E-state index contributed by atoms with van der Waals surface area (Å²) in [4.78, 5) is 13.9. The lowest BCUT2D eigenvalue weighted by Crippen LogP contribution is -2.40. The summed E-state index contributed by atoms with van der Waals surface area (Å²) >= 11 is 0. The van der Waals surface area contributed by atoms with E-state index < -0.39 is 11.9 Å². The average Bonchev–Trinajstić information content (AvgIpc) is 2.48. The van der Waals surface area contributed by atoms with E-state index in [0.29, 0.717) is 19.6 Å². The topological polar surface area (TPSA) is 41.6 Å². The van der Waals surface area contributed by atoms with Crippen LogP contribution < -0.4 is 10.1 Å². The van der Waals surface area contributed by atoms with Crippen molar-refractivity contribution in [2.24, 2.45) is 0 Å². The van der Waals surface area contributed by atoms with Gasteiger partial charge in [-0.1, -0.05) is 19.1 Å². The van der Waals surface area contributed by atoms with Crippen LogP contribution in [0.1, 0.15) is 33.3 Å². The molecule has 0 aliphatic rings. The molecule has 0 aliphatic carbocycles. The number of para-hydroxylation sites is 1. The van der Waals surface area contributed by atoms with Gasteiger partial charge in [0.25, 0.3) is 5.91 Å². The summed E-state index contributed by atoms with van der Waals surface area (Å²) in [6.45, 7) is 9.98. The van der Waals surface area contributed by atoms with Crippen LogP contribution >= 0.6 is 0 Å². The van der Waals surface area contributed by atoms with E-state index in [0.717, 1.165) is 12.1 Å². The number of hydrogen-bond acceptors (Lipinski definition) is 3. The molecule has 1 amide bonds. The van der Waals surface area contributed by atoms with E-state index in [9.17, 15) is 9.18 Å². The van der Waals surface area contributed by atoms with E-state index in [1.54, 1.807) is 24.0 Å². The van der Waals surface area contributed by atoms with Crippen molar-refractivity contribution < 1.29 is 13.9 Å². The van der Waals surface area contributed by atoms with Crippen molar-refractivity contribution in [3.05, 3.63) is 29.6 Å². The molecule has 1 atom stereocenters. The molecule has 1 unspecified atom stereocenters. The van der Waals surface area contributed by atoms with Gasteiger partial charge in [0.05, 0.1) is 0 Å². The third-order valence-electron chi connectivity index (χ3n) is 3.33. The largest absolute Gasteiger partial charge is 0.477 e. The van der Waals surface area contributed by atoms with E-state index in [-0.39, 0.29) is 11.7 Å².